The molecule has 27 heavy (non-hydrogen) atoms. The predicted octanol–water partition coefficient (Wildman–Crippen LogP) is 4.03. The lowest BCUT2D eigenvalue weighted by Crippen LogP contribution is -2.22. The average molecular weight is 395 g/mol. The lowest BCUT2D eigenvalue weighted by Gasteiger charge is -2.06. The minimum absolute atomic E-state index is 0. The molecule has 0 bridgehead atoms. The van der Waals surface area contributed by atoms with Gasteiger partial charge in [0.15, 0.2) is 0 Å². The molecule has 2 aromatic rings. The maximum Gasteiger partial charge on any atom is 0.227 e. The SMILES string of the molecule is CCCCCCCC(=O)NCc1ccc(-c2noc(CCCN)n2)cc1.Cl. The Kier molecular flexibility index (Phi) is 11.4. The zero-order valence-corrected chi connectivity index (χ0v) is 16.9. The fraction of sp³-hybridized carbons (Fsp3) is 0.550. The van der Waals surface area contributed by atoms with Gasteiger partial charge in [0.1, 0.15) is 0 Å². The van der Waals surface area contributed by atoms with Gasteiger partial charge < -0.3 is 15.6 Å². The first-order valence-corrected chi connectivity index (χ1v) is 9.61. The van der Waals surface area contributed by atoms with E-state index in [4.69, 9.17) is 10.3 Å². The minimum Gasteiger partial charge on any atom is -0.352 e. The zero-order chi connectivity index (χ0) is 18.6. The van der Waals surface area contributed by atoms with E-state index in [9.17, 15) is 4.79 Å². The number of amides is 1. The number of benzene rings is 1. The van der Waals surface area contributed by atoms with Crippen molar-refractivity contribution in [1.82, 2.24) is 15.5 Å². The molecule has 0 atom stereocenters. The lowest BCUT2D eigenvalue weighted by atomic mass is 10.1. The van der Waals surface area contributed by atoms with Gasteiger partial charge in [0.25, 0.3) is 0 Å². The second-order valence-corrected chi connectivity index (χ2v) is 6.54. The van der Waals surface area contributed by atoms with Crippen LogP contribution < -0.4 is 11.1 Å². The molecule has 0 saturated heterocycles. The van der Waals surface area contributed by atoms with Crippen molar-refractivity contribution in [3.8, 4) is 11.4 Å². The highest BCUT2D eigenvalue weighted by atomic mass is 35.5. The highest BCUT2D eigenvalue weighted by Crippen LogP contribution is 2.17. The number of nitrogens with one attached hydrogen (secondary N) is 1. The smallest absolute Gasteiger partial charge is 0.227 e. The van der Waals surface area contributed by atoms with Gasteiger partial charge >= 0.3 is 0 Å². The van der Waals surface area contributed by atoms with Gasteiger partial charge in [-0.1, -0.05) is 62.0 Å². The summed E-state index contributed by atoms with van der Waals surface area (Å²) in [6, 6.07) is 7.85. The van der Waals surface area contributed by atoms with Crippen molar-refractivity contribution in [2.75, 3.05) is 6.54 Å². The van der Waals surface area contributed by atoms with Gasteiger partial charge in [-0.3, -0.25) is 4.79 Å². The number of halogens is 1. The van der Waals surface area contributed by atoms with Gasteiger partial charge in [-0.2, -0.15) is 4.98 Å². The molecule has 0 saturated carbocycles. The van der Waals surface area contributed by atoms with Gasteiger partial charge in [0.2, 0.25) is 17.6 Å². The van der Waals surface area contributed by atoms with E-state index in [1.807, 2.05) is 24.3 Å². The third-order valence-corrected chi connectivity index (χ3v) is 4.27. The third kappa shape index (κ3) is 8.54. The molecule has 3 N–H and O–H groups in total. The number of unbranched alkanes of at least 4 members (excludes halogenated alkanes) is 4. The van der Waals surface area contributed by atoms with Crippen molar-refractivity contribution in [1.29, 1.82) is 0 Å². The van der Waals surface area contributed by atoms with Crippen LogP contribution in [0.2, 0.25) is 0 Å². The molecule has 0 radical (unpaired) electrons. The zero-order valence-electron chi connectivity index (χ0n) is 16.1. The molecule has 0 aliphatic rings. The Bertz CT molecular complexity index is 658. The number of hydrogen-bond acceptors (Lipinski definition) is 5. The molecule has 150 valence electrons. The number of aryl methyl sites for hydroxylation is 1. The topological polar surface area (TPSA) is 94.0 Å². The van der Waals surface area contributed by atoms with Gasteiger partial charge in [0, 0.05) is 24.9 Å². The van der Waals surface area contributed by atoms with Crippen LogP contribution in [0.15, 0.2) is 28.8 Å². The van der Waals surface area contributed by atoms with Crippen LogP contribution in [0.1, 0.15) is 63.3 Å². The van der Waals surface area contributed by atoms with Crippen molar-refractivity contribution < 1.29 is 9.32 Å². The fourth-order valence-electron chi connectivity index (χ4n) is 2.68. The van der Waals surface area contributed by atoms with Gasteiger partial charge in [0.05, 0.1) is 0 Å². The van der Waals surface area contributed by atoms with E-state index in [1.54, 1.807) is 0 Å². The summed E-state index contributed by atoms with van der Waals surface area (Å²) in [6.07, 6.45) is 7.93. The molecule has 0 fully saturated rings. The Balaban J connectivity index is 0.00000364. The van der Waals surface area contributed by atoms with Crippen molar-refractivity contribution in [2.45, 2.75) is 64.8 Å². The summed E-state index contributed by atoms with van der Waals surface area (Å²) >= 11 is 0. The van der Waals surface area contributed by atoms with E-state index in [0.717, 1.165) is 30.4 Å². The molecule has 0 unspecified atom stereocenters. The number of aromatic nitrogens is 2. The first kappa shape index (κ1) is 23.1. The molecule has 0 aliphatic carbocycles. The van der Waals surface area contributed by atoms with Crippen LogP contribution in [-0.2, 0) is 17.8 Å². The Morgan fingerprint density at radius 3 is 2.56 bits per heavy atom. The van der Waals surface area contributed by atoms with E-state index < -0.39 is 0 Å². The molecule has 1 heterocycles. The molecule has 7 heteroatoms. The summed E-state index contributed by atoms with van der Waals surface area (Å²) in [4.78, 5) is 16.2. The summed E-state index contributed by atoms with van der Waals surface area (Å²) in [5.74, 6) is 1.31. The minimum atomic E-state index is 0. The van der Waals surface area contributed by atoms with Crippen molar-refractivity contribution in [3.63, 3.8) is 0 Å². The molecular weight excluding hydrogens is 364 g/mol. The van der Waals surface area contributed by atoms with Crippen molar-refractivity contribution >= 4 is 18.3 Å². The van der Waals surface area contributed by atoms with Crippen molar-refractivity contribution in [2.24, 2.45) is 5.73 Å². The van der Waals surface area contributed by atoms with Crippen LogP contribution >= 0.6 is 12.4 Å². The second kappa shape index (κ2) is 13.3. The van der Waals surface area contributed by atoms with Gasteiger partial charge in [-0.15, -0.1) is 12.4 Å². The standard InChI is InChI=1S/C20H30N4O2.ClH/c1-2-3-4-5-6-8-18(25)22-15-16-10-12-17(13-11-16)20-23-19(26-24-20)9-7-14-21;/h10-13H,2-9,14-15,21H2,1H3,(H,22,25);1H. The van der Waals surface area contributed by atoms with Crippen LogP contribution in [0, 0.1) is 0 Å². The van der Waals surface area contributed by atoms with Gasteiger partial charge in [-0.25, -0.2) is 0 Å². The van der Waals surface area contributed by atoms with E-state index in [0.29, 0.717) is 37.6 Å². The number of rotatable bonds is 12. The average Bonchev–Trinajstić information content (AvgIpc) is 3.14. The molecule has 1 aromatic carbocycles. The number of nitrogens with two attached hydrogens (primary N) is 1. The Morgan fingerprint density at radius 1 is 1.11 bits per heavy atom. The maximum atomic E-state index is 11.9. The summed E-state index contributed by atoms with van der Waals surface area (Å²) in [6.45, 7) is 3.34. The predicted molar refractivity (Wildman–Crippen MR) is 110 cm³/mol. The highest BCUT2D eigenvalue weighted by Gasteiger charge is 2.08. The number of hydrogen-bond donors (Lipinski definition) is 2. The molecular formula is C20H31ClN4O2. The summed E-state index contributed by atoms with van der Waals surface area (Å²) in [5.41, 5.74) is 7.44. The first-order valence-electron chi connectivity index (χ1n) is 9.61. The van der Waals surface area contributed by atoms with Crippen LogP contribution in [0.4, 0.5) is 0 Å². The highest BCUT2D eigenvalue weighted by molar-refractivity contribution is 5.85. The lowest BCUT2D eigenvalue weighted by molar-refractivity contribution is -0.121. The molecule has 0 spiro atoms. The molecule has 2 rings (SSSR count). The van der Waals surface area contributed by atoms with Crippen LogP contribution in [0.5, 0.6) is 0 Å². The monoisotopic (exact) mass is 394 g/mol. The normalized spacial score (nSPS) is 10.4. The van der Waals surface area contributed by atoms with Gasteiger partial charge in [-0.05, 0) is 24.9 Å². The summed E-state index contributed by atoms with van der Waals surface area (Å²) < 4.78 is 5.22. The van der Waals surface area contributed by atoms with Crippen LogP contribution in [-0.4, -0.2) is 22.6 Å². The Morgan fingerprint density at radius 2 is 1.85 bits per heavy atom. The number of carbonyl (C=O) groups is 1. The Labute approximate surface area is 167 Å². The van der Waals surface area contributed by atoms with E-state index in [1.165, 1.54) is 19.3 Å². The van der Waals surface area contributed by atoms with E-state index >= 15 is 0 Å². The summed E-state index contributed by atoms with van der Waals surface area (Å²) in [7, 11) is 0. The number of carbonyl (C=O) groups excluding carboxylic acids is 1. The van der Waals surface area contributed by atoms with E-state index in [-0.39, 0.29) is 18.3 Å². The van der Waals surface area contributed by atoms with Crippen LogP contribution in [0.3, 0.4) is 0 Å². The van der Waals surface area contributed by atoms with E-state index in [2.05, 4.69) is 22.4 Å². The molecule has 6 nitrogen and oxygen atoms in total. The fourth-order valence-corrected chi connectivity index (χ4v) is 2.68. The number of nitrogens with zero attached hydrogens (tertiary/aromatic N) is 2. The third-order valence-electron chi connectivity index (χ3n) is 4.27. The summed E-state index contributed by atoms with van der Waals surface area (Å²) in [5, 5.41) is 6.98. The van der Waals surface area contributed by atoms with Crippen molar-refractivity contribution in [3.05, 3.63) is 35.7 Å². The molecule has 1 amide bonds. The largest absolute Gasteiger partial charge is 0.352 e. The maximum absolute atomic E-state index is 11.9. The second-order valence-electron chi connectivity index (χ2n) is 6.54. The molecule has 0 aliphatic heterocycles. The van der Waals surface area contributed by atoms with Crippen LogP contribution in [0.25, 0.3) is 11.4 Å². The molecule has 1 aromatic heterocycles. The quantitative estimate of drug-likeness (QED) is 0.530. The first-order chi connectivity index (χ1) is 12.7. The Hall–Kier alpha value is -1.92.